The molecule has 0 bridgehead atoms. The summed E-state index contributed by atoms with van der Waals surface area (Å²) in [6, 6.07) is -1.46. The average Bonchev–Trinajstić information content (AvgIpc) is 3.37. The highest BCUT2D eigenvalue weighted by Gasteiger charge is 2.54. The van der Waals surface area contributed by atoms with Crippen molar-refractivity contribution in [2.75, 3.05) is 18.6 Å². The minimum atomic E-state index is -1.25. The molecule has 4 rings (SSSR count). The highest BCUT2D eigenvalue weighted by molar-refractivity contribution is 8.04. The first-order valence-electron chi connectivity index (χ1n) is 8.88. The Balaban J connectivity index is 1.53. The molecule has 1 saturated heterocycles. The van der Waals surface area contributed by atoms with Crippen LogP contribution in [0.5, 0.6) is 0 Å². The predicted molar refractivity (Wildman–Crippen MR) is 115 cm³/mol. The number of rotatable bonds is 7. The summed E-state index contributed by atoms with van der Waals surface area (Å²) in [5.74, 6) is -2.59. The molecule has 0 aliphatic carbocycles. The number of aromatic nitrogens is 4. The van der Waals surface area contributed by atoms with Gasteiger partial charge in [0.15, 0.2) is 9.47 Å². The number of anilines is 2. The summed E-state index contributed by atoms with van der Waals surface area (Å²) in [5.41, 5.74) is 10.7. The van der Waals surface area contributed by atoms with Crippen LogP contribution in [-0.2, 0) is 19.2 Å². The first-order valence-corrected chi connectivity index (χ1v) is 11.3. The maximum absolute atomic E-state index is 12.8. The molecule has 2 atom stereocenters. The molecule has 0 radical (unpaired) electrons. The van der Waals surface area contributed by atoms with E-state index in [-0.39, 0.29) is 27.5 Å². The lowest BCUT2D eigenvalue weighted by Crippen LogP contribution is -2.72. The molecule has 2 aliphatic heterocycles. The molecule has 32 heavy (non-hydrogen) atoms. The summed E-state index contributed by atoms with van der Waals surface area (Å²) in [6.45, 7) is 0. The van der Waals surface area contributed by atoms with Gasteiger partial charge in [-0.25, -0.2) is 4.79 Å². The van der Waals surface area contributed by atoms with Gasteiger partial charge < -0.3 is 26.7 Å². The highest BCUT2D eigenvalue weighted by atomic mass is 32.2. The van der Waals surface area contributed by atoms with Gasteiger partial charge in [0.05, 0.1) is 6.04 Å². The van der Waals surface area contributed by atoms with Crippen molar-refractivity contribution >= 4 is 68.4 Å². The SMILES string of the molecule is CO/N=C(\C(=O)NC1C(=O)N2C(C(=O)O)=C(Sc3nnc(N)s3)CC[C@H]12)c1nsc(N)n1. The number of carboxylic acids is 1. The molecular formula is C15H15N9O5S3. The van der Waals surface area contributed by atoms with Gasteiger partial charge in [-0.05, 0) is 12.8 Å². The quantitative estimate of drug-likeness (QED) is 0.216. The van der Waals surface area contributed by atoms with Crippen LogP contribution >= 0.6 is 34.6 Å². The van der Waals surface area contributed by atoms with E-state index in [0.717, 1.165) is 34.6 Å². The van der Waals surface area contributed by atoms with Crippen LogP contribution < -0.4 is 16.8 Å². The van der Waals surface area contributed by atoms with E-state index < -0.39 is 29.9 Å². The molecule has 6 N–H and O–H groups in total. The summed E-state index contributed by atoms with van der Waals surface area (Å²) >= 11 is 3.10. The number of aliphatic carboxylic acids is 1. The summed E-state index contributed by atoms with van der Waals surface area (Å²) in [5, 5.41) is 23.9. The number of β-lactam (4-membered cyclic amide) rings is 1. The third kappa shape index (κ3) is 3.96. The number of fused-ring (bicyclic) bond motifs is 1. The summed E-state index contributed by atoms with van der Waals surface area (Å²) in [4.78, 5) is 47.7. The van der Waals surface area contributed by atoms with E-state index >= 15 is 0 Å². The van der Waals surface area contributed by atoms with E-state index in [1.807, 2.05) is 0 Å². The first kappa shape index (κ1) is 21.9. The minimum Gasteiger partial charge on any atom is -0.477 e. The second-order valence-corrected chi connectivity index (χ2v) is 9.56. The van der Waals surface area contributed by atoms with Crippen molar-refractivity contribution in [2.24, 2.45) is 5.16 Å². The van der Waals surface area contributed by atoms with Crippen LogP contribution in [0.1, 0.15) is 18.7 Å². The Labute approximate surface area is 191 Å². The average molecular weight is 498 g/mol. The highest BCUT2D eigenvalue weighted by Crippen LogP contribution is 2.43. The monoisotopic (exact) mass is 497 g/mol. The molecule has 1 fully saturated rings. The van der Waals surface area contributed by atoms with Crippen LogP contribution in [0.3, 0.4) is 0 Å². The molecule has 0 aromatic carbocycles. The zero-order chi connectivity index (χ0) is 23.0. The first-order chi connectivity index (χ1) is 15.3. The number of thioether (sulfide) groups is 1. The van der Waals surface area contributed by atoms with E-state index in [9.17, 15) is 19.5 Å². The third-order valence-electron chi connectivity index (χ3n) is 4.57. The largest absolute Gasteiger partial charge is 0.477 e. The number of amides is 2. The Morgan fingerprint density at radius 2 is 2.12 bits per heavy atom. The number of nitrogen functional groups attached to an aromatic ring is 2. The number of carboxylic acid groups (broad SMARTS) is 1. The maximum atomic E-state index is 12.8. The summed E-state index contributed by atoms with van der Waals surface area (Å²) in [7, 11) is 1.25. The number of carbonyl (C=O) groups is 3. The normalized spacial score (nSPS) is 20.6. The molecule has 2 aromatic heterocycles. The van der Waals surface area contributed by atoms with Gasteiger partial charge in [-0.3, -0.25) is 14.5 Å². The second kappa shape index (κ2) is 8.67. The topological polar surface area (TPSA) is 212 Å². The molecule has 17 heteroatoms. The molecule has 2 aromatic rings. The van der Waals surface area contributed by atoms with Gasteiger partial charge in [-0.1, -0.05) is 28.3 Å². The van der Waals surface area contributed by atoms with E-state index in [2.05, 4.69) is 34.9 Å². The number of oxime groups is 1. The number of carbonyl (C=O) groups excluding carboxylic acids is 2. The standard InChI is InChI=1S/C15H15N9O5S3/c1-29-22-7(9-19-13(16)32-23-9)10(25)18-6-4-2-3-5(30-15-21-20-14(17)31-15)8(12(27)28)24(4)11(6)26/h4,6H,2-3H2,1H3,(H2,17,20)(H,18,25)(H,27,28)(H2,16,19,23)/b22-7-/t4-,6?/m1/s1. The van der Waals surface area contributed by atoms with Gasteiger partial charge >= 0.3 is 5.97 Å². The number of hydrogen-bond acceptors (Lipinski definition) is 14. The molecular weight excluding hydrogens is 482 g/mol. The zero-order valence-corrected chi connectivity index (χ0v) is 18.7. The fourth-order valence-electron chi connectivity index (χ4n) is 3.31. The lowest BCUT2D eigenvalue weighted by Gasteiger charge is -2.49. The van der Waals surface area contributed by atoms with E-state index in [0.29, 0.717) is 22.1 Å². The molecule has 0 saturated carbocycles. The van der Waals surface area contributed by atoms with Gasteiger partial charge in [-0.2, -0.15) is 9.36 Å². The Kier molecular flexibility index (Phi) is 5.94. The smallest absolute Gasteiger partial charge is 0.353 e. The number of nitrogens with two attached hydrogens (primary N) is 2. The summed E-state index contributed by atoms with van der Waals surface area (Å²) < 4.78 is 4.40. The van der Waals surface area contributed by atoms with Crippen LogP contribution in [0.15, 0.2) is 20.1 Å². The number of nitrogens with zero attached hydrogens (tertiary/aromatic N) is 6. The summed E-state index contributed by atoms with van der Waals surface area (Å²) in [6.07, 6.45) is 0.804. The molecule has 1 unspecified atom stereocenters. The molecule has 2 amide bonds. The fraction of sp³-hybridized carbons (Fsp3) is 0.333. The zero-order valence-electron chi connectivity index (χ0n) is 16.2. The number of allylic oxidation sites excluding steroid dienone is 1. The Morgan fingerprint density at radius 3 is 2.72 bits per heavy atom. The lowest BCUT2D eigenvalue weighted by atomic mass is 9.86. The van der Waals surface area contributed by atoms with Crippen LogP contribution in [0.4, 0.5) is 10.3 Å². The van der Waals surface area contributed by atoms with Crippen LogP contribution in [0.25, 0.3) is 0 Å². The van der Waals surface area contributed by atoms with E-state index in [1.54, 1.807) is 0 Å². The van der Waals surface area contributed by atoms with Crippen molar-refractivity contribution in [2.45, 2.75) is 29.3 Å². The van der Waals surface area contributed by atoms with Gasteiger partial charge in [-0.15, -0.1) is 10.2 Å². The van der Waals surface area contributed by atoms with Crippen molar-refractivity contribution in [1.82, 2.24) is 29.8 Å². The lowest BCUT2D eigenvalue weighted by molar-refractivity contribution is -0.155. The predicted octanol–water partition coefficient (Wildman–Crippen LogP) is -0.518. The number of nitrogens with one attached hydrogen (secondary N) is 1. The Morgan fingerprint density at radius 1 is 1.34 bits per heavy atom. The fourth-order valence-corrected chi connectivity index (χ4v) is 5.61. The van der Waals surface area contributed by atoms with E-state index in [1.165, 1.54) is 12.0 Å². The number of hydrogen-bond donors (Lipinski definition) is 4. The van der Waals surface area contributed by atoms with Gasteiger partial charge in [0, 0.05) is 16.4 Å². The molecule has 0 spiro atoms. The van der Waals surface area contributed by atoms with Crippen molar-refractivity contribution in [1.29, 1.82) is 0 Å². The van der Waals surface area contributed by atoms with Crippen molar-refractivity contribution in [3.8, 4) is 0 Å². The van der Waals surface area contributed by atoms with Crippen LogP contribution in [0.2, 0.25) is 0 Å². The molecule has 14 nitrogen and oxygen atoms in total. The molecule has 4 heterocycles. The van der Waals surface area contributed by atoms with Crippen LogP contribution in [-0.4, -0.2) is 72.3 Å². The maximum Gasteiger partial charge on any atom is 0.353 e. The molecule has 168 valence electrons. The van der Waals surface area contributed by atoms with Gasteiger partial charge in [0.1, 0.15) is 18.8 Å². The molecule has 2 aliphatic rings. The third-order valence-corrected chi connectivity index (χ3v) is 7.05. The second-order valence-electron chi connectivity index (χ2n) is 6.43. The van der Waals surface area contributed by atoms with Crippen molar-refractivity contribution in [3.05, 3.63) is 16.4 Å². The van der Waals surface area contributed by atoms with Crippen molar-refractivity contribution < 1.29 is 24.3 Å². The van der Waals surface area contributed by atoms with Crippen LogP contribution in [0, 0.1) is 0 Å². The Hall–Kier alpha value is -3.31. The Bertz CT molecular complexity index is 1160. The van der Waals surface area contributed by atoms with Gasteiger partial charge in [0.2, 0.25) is 16.7 Å². The van der Waals surface area contributed by atoms with Gasteiger partial charge in [0.25, 0.3) is 11.8 Å². The van der Waals surface area contributed by atoms with E-state index in [4.69, 9.17) is 11.5 Å². The minimum absolute atomic E-state index is 0.0414. The van der Waals surface area contributed by atoms with Crippen molar-refractivity contribution in [3.63, 3.8) is 0 Å².